The molecule has 238 valence electrons. The van der Waals surface area contributed by atoms with Crippen LogP contribution in [0.15, 0.2) is 30.3 Å². The lowest BCUT2D eigenvalue weighted by Crippen LogP contribution is -2.61. The molecule has 1 saturated heterocycles. The molecule has 0 radical (unpaired) electrons. The molecule has 2 rings (SSSR count). The van der Waals surface area contributed by atoms with Crippen molar-refractivity contribution in [1.29, 1.82) is 0 Å². The summed E-state index contributed by atoms with van der Waals surface area (Å²) in [5.41, 5.74) is 0.777. The maximum absolute atomic E-state index is 13.5. The fourth-order valence-corrected chi connectivity index (χ4v) is 4.70. The third kappa shape index (κ3) is 11.0. The Morgan fingerprint density at radius 2 is 1.30 bits per heavy atom. The highest BCUT2D eigenvalue weighted by Crippen LogP contribution is 2.12. The highest BCUT2D eigenvalue weighted by Gasteiger charge is 2.35. The molecule has 1 aliphatic heterocycles. The number of nitrogens with one attached hydrogen (secondary N) is 6. The Morgan fingerprint density at radius 3 is 1.88 bits per heavy atom. The first kappa shape index (κ1) is 35.2. The van der Waals surface area contributed by atoms with Crippen LogP contribution in [0, 0.1) is 17.8 Å². The zero-order valence-corrected chi connectivity index (χ0v) is 26.3. The van der Waals surface area contributed by atoms with Gasteiger partial charge in [0.05, 0.1) is 6.54 Å². The molecule has 6 atom stereocenters. The number of hydrogen-bond acceptors (Lipinski definition) is 6. The van der Waals surface area contributed by atoms with E-state index in [0.717, 1.165) is 5.56 Å². The zero-order chi connectivity index (χ0) is 32.3. The summed E-state index contributed by atoms with van der Waals surface area (Å²) in [4.78, 5) is 79.5. The molecule has 0 spiro atoms. The summed E-state index contributed by atoms with van der Waals surface area (Å²) in [5.74, 6) is -4.05. The van der Waals surface area contributed by atoms with Gasteiger partial charge in [0.15, 0.2) is 0 Å². The Bertz CT molecular complexity index is 1140. The van der Waals surface area contributed by atoms with Crippen LogP contribution >= 0.6 is 0 Å². The lowest BCUT2D eigenvalue weighted by molar-refractivity contribution is -0.137. The van der Waals surface area contributed by atoms with Crippen LogP contribution in [0.25, 0.3) is 0 Å². The van der Waals surface area contributed by atoms with Crippen molar-refractivity contribution in [3.63, 3.8) is 0 Å². The Morgan fingerprint density at radius 1 is 0.698 bits per heavy atom. The van der Waals surface area contributed by atoms with E-state index in [2.05, 4.69) is 31.9 Å². The molecule has 1 aliphatic rings. The minimum absolute atomic E-state index is 0.0285. The van der Waals surface area contributed by atoms with Crippen LogP contribution in [0.4, 0.5) is 0 Å². The van der Waals surface area contributed by atoms with Crippen molar-refractivity contribution in [3.05, 3.63) is 35.9 Å². The van der Waals surface area contributed by atoms with Crippen molar-refractivity contribution in [2.24, 2.45) is 17.8 Å². The van der Waals surface area contributed by atoms with E-state index >= 15 is 0 Å². The number of rotatable bonds is 7. The van der Waals surface area contributed by atoms with Crippen LogP contribution in [-0.4, -0.2) is 72.2 Å². The fraction of sp³-hybridized carbons (Fsp3) is 0.613. The van der Waals surface area contributed by atoms with Gasteiger partial charge >= 0.3 is 0 Å². The average Bonchev–Trinajstić information content (AvgIpc) is 2.95. The zero-order valence-electron chi connectivity index (χ0n) is 26.3. The molecule has 6 amide bonds. The minimum Gasteiger partial charge on any atom is -0.345 e. The van der Waals surface area contributed by atoms with E-state index in [1.807, 2.05) is 39.0 Å². The van der Waals surface area contributed by atoms with Gasteiger partial charge in [-0.05, 0) is 36.7 Å². The summed E-state index contributed by atoms with van der Waals surface area (Å²) in [5, 5.41) is 16.1. The van der Waals surface area contributed by atoms with Gasteiger partial charge in [0.2, 0.25) is 35.4 Å². The minimum atomic E-state index is -1.05. The van der Waals surface area contributed by atoms with E-state index < -0.39 is 72.2 Å². The molecule has 1 aromatic rings. The van der Waals surface area contributed by atoms with Crippen molar-refractivity contribution in [2.45, 2.75) is 97.9 Å². The van der Waals surface area contributed by atoms with Gasteiger partial charge in [0.1, 0.15) is 30.2 Å². The normalized spacial score (nSPS) is 25.8. The van der Waals surface area contributed by atoms with Crippen LogP contribution in [0.5, 0.6) is 0 Å². The van der Waals surface area contributed by atoms with Crippen molar-refractivity contribution in [2.75, 3.05) is 6.54 Å². The molecular weight excluding hydrogens is 552 g/mol. The van der Waals surface area contributed by atoms with E-state index in [-0.39, 0.29) is 24.2 Å². The summed E-state index contributed by atoms with van der Waals surface area (Å²) in [6.07, 6.45) is 0.987. The van der Waals surface area contributed by atoms with E-state index in [9.17, 15) is 28.8 Å². The lowest BCUT2D eigenvalue weighted by Gasteiger charge is -2.30. The summed E-state index contributed by atoms with van der Waals surface area (Å²) >= 11 is 0. The third-order valence-electron chi connectivity index (χ3n) is 7.49. The van der Waals surface area contributed by atoms with Crippen molar-refractivity contribution < 1.29 is 28.8 Å². The van der Waals surface area contributed by atoms with Gasteiger partial charge in [-0.3, -0.25) is 28.8 Å². The molecule has 0 unspecified atom stereocenters. The Kier molecular flexibility index (Phi) is 13.6. The summed E-state index contributed by atoms with van der Waals surface area (Å²) in [7, 11) is 0. The number of hydrogen-bond donors (Lipinski definition) is 6. The smallest absolute Gasteiger partial charge is 0.243 e. The van der Waals surface area contributed by atoms with Crippen LogP contribution in [0.2, 0.25) is 0 Å². The van der Waals surface area contributed by atoms with Crippen molar-refractivity contribution >= 4 is 35.4 Å². The number of carbonyl (C=O) groups is 6. The first-order chi connectivity index (χ1) is 20.2. The van der Waals surface area contributed by atoms with E-state index in [0.29, 0.717) is 12.8 Å². The van der Waals surface area contributed by atoms with Gasteiger partial charge in [0.25, 0.3) is 0 Å². The van der Waals surface area contributed by atoms with Gasteiger partial charge < -0.3 is 31.9 Å². The molecule has 0 aromatic heterocycles. The maximum Gasteiger partial charge on any atom is 0.243 e. The fourth-order valence-electron chi connectivity index (χ4n) is 4.70. The third-order valence-corrected chi connectivity index (χ3v) is 7.49. The van der Waals surface area contributed by atoms with Crippen LogP contribution < -0.4 is 31.9 Å². The molecule has 12 heteroatoms. The predicted molar refractivity (Wildman–Crippen MR) is 162 cm³/mol. The Labute approximate surface area is 254 Å². The number of amides is 6. The molecule has 1 aromatic carbocycles. The van der Waals surface area contributed by atoms with Crippen LogP contribution in [-0.2, 0) is 35.2 Å². The van der Waals surface area contributed by atoms with Crippen LogP contribution in [0.1, 0.15) is 66.9 Å². The average molecular weight is 601 g/mol. The first-order valence-electron chi connectivity index (χ1n) is 15.1. The summed E-state index contributed by atoms with van der Waals surface area (Å²) in [6.45, 7) is 12.0. The van der Waals surface area contributed by atoms with Crippen molar-refractivity contribution in [3.8, 4) is 0 Å². The SMILES string of the molecule is CC[C@H](C)[C@@H]1NC(=O)[C@@H](C)NC(=O)[C@@H](Cc2ccccc2)NC(=O)CNC(=O)[C@H](CC(C)C)NC(=O)[C@H](C(C)C)NC1=O. The van der Waals surface area contributed by atoms with Gasteiger partial charge in [-0.15, -0.1) is 0 Å². The second-order valence-electron chi connectivity index (χ2n) is 12.1. The quantitative estimate of drug-likeness (QED) is 0.267. The Hall–Kier alpha value is -3.96. The van der Waals surface area contributed by atoms with E-state index in [4.69, 9.17) is 0 Å². The summed E-state index contributed by atoms with van der Waals surface area (Å²) in [6, 6.07) is 4.02. The van der Waals surface area contributed by atoms with Gasteiger partial charge in [0, 0.05) is 6.42 Å². The monoisotopic (exact) mass is 600 g/mol. The number of benzene rings is 1. The predicted octanol–water partition coefficient (Wildman–Crippen LogP) is 0.551. The molecular formula is C31H48N6O6. The van der Waals surface area contributed by atoms with E-state index in [1.54, 1.807) is 32.9 Å². The van der Waals surface area contributed by atoms with Gasteiger partial charge in [-0.2, -0.15) is 0 Å². The van der Waals surface area contributed by atoms with E-state index in [1.165, 1.54) is 6.92 Å². The topological polar surface area (TPSA) is 175 Å². The molecule has 0 saturated carbocycles. The molecule has 1 fully saturated rings. The highest BCUT2D eigenvalue weighted by molar-refractivity contribution is 5.97. The van der Waals surface area contributed by atoms with Gasteiger partial charge in [-0.1, -0.05) is 78.3 Å². The second kappa shape index (κ2) is 16.6. The molecule has 0 bridgehead atoms. The summed E-state index contributed by atoms with van der Waals surface area (Å²) < 4.78 is 0. The second-order valence-corrected chi connectivity index (χ2v) is 12.1. The lowest BCUT2D eigenvalue weighted by atomic mass is 9.95. The van der Waals surface area contributed by atoms with Crippen LogP contribution in [0.3, 0.4) is 0 Å². The Balaban J connectivity index is 2.46. The molecule has 0 aliphatic carbocycles. The molecule has 6 N–H and O–H groups in total. The molecule has 1 heterocycles. The highest BCUT2D eigenvalue weighted by atomic mass is 16.2. The van der Waals surface area contributed by atoms with Crippen molar-refractivity contribution in [1.82, 2.24) is 31.9 Å². The molecule has 12 nitrogen and oxygen atoms in total. The maximum atomic E-state index is 13.5. The van der Waals surface area contributed by atoms with Gasteiger partial charge in [-0.25, -0.2) is 0 Å². The standard InChI is InChI=1S/C31H48N6O6/c1-8-19(6)26-31(43)36-25(18(4)5)30(42)35-22(14-17(2)3)28(40)32-16-24(38)34-23(15-21-12-10-9-11-13-21)29(41)33-20(7)27(39)37-26/h9-13,17-20,22-23,25-26H,8,14-16H2,1-7H3,(H,32,40)(H,33,41)(H,34,38)(H,35,42)(H,36,43)(H,37,39)/t19-,20+,22-,23+,25-,26-/m0/s1. The first-order valence-corrected chi connectivity index (χ1v) is 15.1. The molecule has 43 heavy (non-hydrogen) atoms. The largest absolute Gasteiger partial charge is 0.345 e. The number of carbonyl (C=O) groups excluding carboxylic acids is 6.